The minimum Gasteiger partial charge on any atom is -0.393 e. The lowest BCUT2D eigenvalue weighted by atomic mass is 9.48. The molecule has 6 heteroatoms. The number of aliphatic hydroxyl groups excluding tert-OH is 2. The smallest absolute Gasteiger partial charge is 0.190 e. The molecule has 0 aromatic rings. The van der Waals surface area contributed by atoms with Crippen LogP contribution in [0.15, 0.2) is 34.9 Å². The average Bonchev–Trinajstić information content (AvgIpc) is 2.87. The second-order valence-electron chi connectivity index (χ2n) is 8.97. The van der Waals surface area contributed by atoms with E-state index in [-0.39, 0.29) is 36.4 Å². The van der Waals surface area contributed by atoms with E-state index in [0.29, 0.717) is 11.5 Å². The molecule has 2 fully saturated rings. The van der Waals surface area contributed by atoms with Crippen molar-refractivity contribution in [3.8, 4) is 0 Å². The molecule has 0 aliphatic heterocycles. The molecule has 146 valence electrons. The van der Waals surface area contributed by atoms with Crippen LogP contribution in [0.1, 0.15) is 33.1 Å². The van der Waals surface area contributed by atoms with Crippen molar-refractivity contribution in [2.24, 2.45) is 28.6 Å². The minimum absolute atomic E-state index is 0.0513. The maximum atomic E-state index is 12.4. The Morgan fingerprint density at radius 3 is 2.74 bits per heavy atom. The molecule has 7 atom stereocenters. The number of ketones is 2. The first kappa shape index (κ1) is 19.1. The van der Waals surface area contributed by atoms with E-state index in [2.05, 4.69) is 0 Å². The van der Waals surface area contributed by atoms with Crippen LogP contribution in [-0.2, 0) is 9.59 Å². The molecule has 0 aromatic carbocycles. The molecule has 4 rings (SSSR count). The van der Waals surface area contributed by atoms with E-state index in [1.807, 2.05) is 26.0 Å². The van der Waals surface area contributed by atoms with E-state index in [9.17, 15) is 24.9 Å². The van der Waals surface area contributed by atoms with Crippen LogP contribution in [0.25, 0.3) is 0 Å². The second-order valence-corrected chi connectivity index (χ2v) is 9.38. The molecule has 0 amide bonds. The van der Waals surface area contributed by atoms with E-state index in [1.54, 1.807) is 0 Å². The van der Waals surface area contributed by atoms with E-state index >= 15 is 0 Å². The van der Waals surface area contributed by atoms with Gasteiger partial charge in [0.05, 0.1) is 6.10 Å². The van der Waals surface area contributed by atoms with E-state index in [0.717, 1.165) is 5.57 Å². The molecule has 4 aliphatic rings. The highest BCUT2D eigenvalue weighted by Gasteiger charge is 2.67. The van der Waals surface area contributed by atoms with Gasteiger partial charge in [-0.25, -0.2) is 0 Å². The predicted octanol–water partition coefficient (Wildman–Crippen LogP) is 1.90. The lowest BCUT2D eigenvalue weighted by Gasteiger charge is -2.58. The number of Topliss-reactive ketones (excluding diaryl/α,β-unsaturated/α-hetero) is 1. The number of halogens is 1. The number of hydrogen-bond acceptors (Lipinski definition) is 5. The maximum Gasteiger partial charge on any atom is 0.190 e. The fourth-order valence-corrected chi connectivity index (χ4v) is 6.86. The normalized spacial score (nSPS) is 48.3. The second kappa shape index (κ2) is 5.86. The van der Waals surface area contributed by atoms with Gasteiger partial charge in [-0.05, 0) is 48.8 Å². The Morgan fingerprint density at radius 2 is 2.07 bits per heavy atom. The molecule has 0 aromatic heterocycles. The molecule has 0 bridgehead atoms. The Kier molecular flexibility index (Phi) is 4.14. The van der Waals surface area contributed by atoms with Gasteiger partial charge in [0.25, 0.3) is 0 Å². The van der Waals surface area contributed by atoms with Crippen molar-refractivity contribution in [3.05, 3.63) is 34.9 Å². The highest BCUT2D eigenvalue weighted by molar-refractivity contribution is 6.32. The van der Waals surface area contributed by atoms with Crippen molar-refractivity contribution < 1.29 is 24.9 Å². The van der Waals surface area contributed by atoms with Crippen LogP contribution in [0, 0.1) is 28.6 Å². The molecule has 0 heterocycles. The van der Waals surface area contributed by atoms with E-state index in [1.165, 1.54) is 12.2 Å². The molecular weight excluding hydrogens is 368 g/mol. The van der Waals surface area contributed by atoms with Gasteiger partial charge in [0, 0.05) is 21.8 Å². The summed E-state index contributed by atoms with van der Waals surface area (Å²) in [6.45, 7) is 3.11. The summed E-state index contributed by atoms with van der Waals surface area (Å²) in [5, 5.41) is 32.2. The Balaban J connectivity index is 1.84. The zero-order chi connectivity index (χ0) is 19.8. The van der Waals surface area contributed by atoms with Crippen LogP contribution in [0.5, 0.6) is 0 Å². The molecule has 2 saturated carbocycles. The first-order chi connectivity index (χ1) is 12.6. The SMILES string of the molecule is C[C@]12C=CC(=O)C=C1C(Cl)=C[C@@H]1[C@@H]2C(O)C[C@@]2(C)[C@H]1CC[C@]2(O)C(=O)CO. The number of hydrogen-bond donors (Lipinski definition) is 3. The first-order valence-corrected chi connectivity index (χ1v) is 9.84. The lowest BCUT2D eigenvalue weighted by Crippen LogP contribution is -2.61. The van der Waals surface area contributed by atoms with Crippen molar-refractivity contribution in [1.29, 1.82) is 0 Å². The number of carbonyl (C=O) groups excluding carboxylic acids is 2. The predicted molar refractivity (Wildman–Crippen MR) is 99.8 cm³/mol. The van der Waals surface area contributed by atoms with Crippen molar-refractivity contribution in [1.82, 2.24) is 0 Å². The quantitative estimate of drug-likeness (QED) is 0.667. The highest BCUT2D eigenvalue weighted by Crippen LogP contribution is 2.66. The molecule has 27 heavy (non-hydrogen) atoms. The third-order valence-electron chi connectivity index (χ3n) is 7.86. The van der Waals surface area contributed by atoms with E-state index < -0.39 is 34.9 Å². The molecule has 4 aliphatic carbocycles. The van der Waals surface area contributed by atoms with Crippen LogP contribution in [0.2, 0.25) is 0 Å². The van der Waals surface area contributed by atoms with Crippen LogP contribution >= 0.6 is 11.6 Å². The third-order valence-corrected chi connectivity index (χ3v) is 8.19. The van der Waals surface area contributed by atoms with Crippen LogP contribution in [0.4, 0.5) is 0 Å². The summed E-state index contributed by atoms with van der Waals surface area (Å²) in [4.78, 5) is 24.2. The topological polar surface area (TPSA) is 94.8 Å². The summed E-state index contributed by atoms with van der Waals surface area (Å²) in [5.74, 6) is -1.08. The molecular formula is C21H25ClO5. The van der Waals surface area contributed by atoms with Gasteiger partial charge in [-0.3, -0.25) is 9.59 Å². The van der Waals surface area contributed by atoms with Gasteiger partial charge in [-0.2, -0.15) is 0 Å². The van der Waals surface area contributed by atoms with Crippen molar-refractivity contribution >= 4 is 23.2 Å². The molecule has 0 saturated heterocycles. The molecule has 0 spiro atoms. The number of aliphatic hydroxyl groups is 3. The van der Waals surface area contributed by atoms with Gasteiger partial charge in [0.2, 0.25) is 0 Å². The summed E-state index contributed by atoms with van der Waals surface area (Å²) < 4.78 is 0. The Morgan fingerprint density at radius 1 is 1.37 bits per heavy atom. The molecule has 0 radical (unpaired) electrons. The zero-order valence-corrected chi connectivity index (χ0v) is 16.2. The van der Waals surface area contributed by atoms with Crippen molar-refractivity contribution in [2.45, 2.75) is 44.8 Å². The summed E-state index contributed by atoms with van der Waals surface area (Å²) in [5.41, 5.74) is -2.34. The Bertz CT molecular complexity index is 813. The first-order valence-electron chi connectivity index (χ1n) is 9.46. The summed E-state index contributed by atoms with van der Waals surface area (Å²) in [6.07, 6.45) is 7.16. The molecule has 3 N–H and O–H groups in total. The fourth-order valence-electron chi connectivity index (χ4n) is 6.46. The van der Waals surface area contributed by atoms with Crippen LogP contribution < -0.4 is 0 Å². The lowest BCUT2D eigenvalue weighted by molar-refractivity contribution is -0.172. The van der Waals surface area contributed by atoms with Gasteiger partial charge < -0.3 is 15.3 Å². The summed E-state index contributed by atoms with van der Waals surface area (Å²) >= 11 is 6.57. The minimum atomic E-state index is -1.64. The summed E-state index contributed by atoms with van der Waals surface area (Å²) in [7, 11) is 0. The van der Waals surface area contributed by atoms with Gasteiger partial charge in [0.15, 0.2) is 11.6 Å². The Labute approximate surface area is 163 Å². The number of carbonyl (C=O) groups is 2. The van der Waals surface area contributed by atoms with E-state index in [4.69, 9.17) is 11.6 Å². The summed E-state index contributed by atoms with van der Waals surface area (Å²) in [6, 6.07) is 0. The van der Waals surface area contributed by atoms with Gasteiger partial charge >= 0.3 is 0 Å². The number of rotatable bonds is 2. The molecule has 5 nitrogen and oxygen atoms in total. The van der Waals surface area contributed by atoms with Gasteiger partial charge in [-0.1, -0.05) is 37.6 Å². The zero-order valence-electron chi connectivity index (χ0n) is 15.5. The van der Waals surface area contributed by atoms with Crippen molar-refractivity contribution in [2.75, 3.05) is 6.61 Å². The largest absolute Gasteiger partial charge is 0.393 e. The van der Waals surface area contributed by atoms with Gasteiger partial charge in [0.1, 0.15) is 12.2 Å². The van der Waals surface area contributed by atoms with Crippen LogP contribution in [-0.4, -0.2) is 45.2 Å². The van der Waals surface area contributed by atoms with Crippen LogP contribution in [0.3, 0.4) is 0 Å². The monoisotopic (exact) mass is 392 g/mol. The van der Waals surface area contributed by atoms with Gasteiger partial charge in [-0.15, -0.1) is 0 Å². The molecule has 1 unspecified atom stereocenters. The maximum absolute atomic E-state index is 12.4. The number of fused-ring (bicyclic) bond motifs is 5. The highest BCUT2D eigenvalue weighted by atomic mass is 35.5. The fraction of sp³-hybridized carbons (Fsp3) is 0.619. The Hall–Kier alpha value is -1.27. The average molecular weight is 393 g/mol. The number of allylic oxidation sites excluding steroid dienone is 6. The van der Waals surface area contributed by atoms with Crippen molar-refractivity contribution in [3.63, 3.8) is 0 Å². The standard InChI is InChI=1S/C21H25ClO5/c1-19-5-3-11(24)7-14(19)15(22)8-12-13-4-6-21(27,17(26)10-23)20(13,2)9-16(25)18(12)19/h3,5,7-8,12-13,16,18,23,25,27H,4,6,9-10H2,1-2H3/t12-,13-,16?,18+,19-,20-,21-/m0/s1. The third kappa shape index (κ3) is 2.29.